The summed E-state index contributed by atoms with van der Waals surface area (Å²) in [6, 6.07) is 33.9. The summed E-state index contributed by atoms with van der Waals surface area (Å²) in [5.74, 6) is 2.41. The minimum Gasteiger partial charge on any atom is -0.492 e. The molecule has 0 aromatic heterocycles. The van der Waals surface area contributed by atoms with Gasteiger partial charge in [0.1, 0.15) is 23.9 Å². The van der Waals surface area contributed by atoms with E-state index in [4.69, 9.17) is 9.47 Å². The second-order valence-electron chi connectivity index (χ2n) is 8.12. The Kier molecular flexibility index (Phi) is 8.09. The molecule has 0 spiro atoms. The third-order valence-corrected chi connectivity index (χ3v) is 5.50. The van der Waals surface area contributed by atoms with E-state index in [0.29, 0.717) is 31.0 Å². The molecular formula is C30H29NO3. The minimum absolute atomic E-state index is 0.0431. The smallest absolute Gasteiger partial charge is 0.159 e. The van der Waals surface area contributed by atoms with Gasteiger partial charge < -0.3 is 14.8 Å². The van der Waals surface area contributed by atoms with Gasteiger partial charge in [0.2, 0.25) is 0 Å². The number of benzene rings is 4. The number of hydrogen-bond donors (Lipinski definition) is 1. The van der Waals surface area contributed by atoms with Crippen LogP contribution in [0.4, 0.5) is 0 Å². The molecule has 0 radical (unpaired) electrons. The average molecular weight is 452 g/mol. The van der Waals surface area contributed by atoms with Crippen molar-refractivity contribution < 1.29 is 14.3 Å². The van der Waals surface area contributed by atoms with Crippen LogP contribution in [0.2, 0.25) is 0 Å². The van der Waals surface area contributed by atoms with Crippen LogP contribution in [0.5, 0.6) is 17.2 Å². The lowest BCUT2D eigenvalue weighted by Gasteiger charge is -2.13. The Labute approximate surface area is 201 Å². The SMILES string of the molecule is CC(=O)c1ccc(Oc2ccccc2CNCCOc2ccc(Cc3ccccc3)cc2)cc1. The second kappa shape index (κ2) is 11.8. The summed E-state index contributed by atoms with van der Waals surface area (Å²) in [6.07, 6.45) is 0.922. The molecule has 4 aromatic rings. The van der Waals surface area contributed by atoms with Crippen LogP contribution in [0.3, 0.4) is 0 Å². The van der Waals surface area contributed by atoms with E-state index < -0.39 is 0 Å². The van der Waals surface area contributed by atoms with Crippen molar-refractivity contribution in [3.63, 3.8) is 0 Å². The fourth-order valence-corrected chi connectivity index (χ4v) is 3.63. The van der Waals surface area contributed by atoms with Crippen molar-refractivity contribution in [3.8, 4) is 17.2 Å². The van der Waals surface area contributed by atoms with Gasteiger partial charge in [-0.1, -0.05) is 60.7 Å². The highest BCUT2D eigenvalue weighted by Gasteiger charge is 2.06. The number of carbonyl (C=O) groups excluding carboxylic acids is 1. The Morgan fingerprint density at radius 1 is 0.735 bits per heavy atom. The Hall–Kier alpha value is -3.89. The summed E-state index contributed by atoms with van der Waals surface area (Å²) in [5.41, 5.74) is 4.30. The molecule has 4 aromatic carbocycles. The van der Waals surface area contributed by atoms with E-state index in [2.05, 4.69) is 41.7 Å². The Balaban J connectivity index is 1.22. The fourth-order valence-electron chi connectivity index (χ4n) is 3.63. The van der Waals surface area contributed by atoms with Crippen molar-refractivity contribution in [2.45, 2.75) is 19.9 Å². The molecule has 4 nitrogen and oxygen atoms in total. The van der Waals surface area contributed by atoms with E-state index in [-0.39, 0.29) is 5.78 Å². The van der Waals surface area contributed by atoms with Gasteiger partial charge in [-0.25, -0.2) is 0 Å². The highest BCUT2D eigenvalue weighted by Crippen LogP contribution is 2.25. The number of Topliss-reactive ketones (excluding diaryl/α,β-unsaturated/α-hetero) is 1. The number of carbonyl (C=O) groups is 1. The van der Waals surface area contributed by atoms with Crippen LogP contribution in [0.25, 0.3) is 0 Å². The molecule has 34 heavy (non-hydrogen) atoms. The minimum atomic E-state index is 0.0431. The largest absolute Gasteiger partial charge is 0.492 e. The maximum atomic E-state index is 11.5. The third-order valence-electron chi connectivity index (χ3n) is 5.50. The van der Waals surface area contributed by atoms with Gasteiger partial charge in [0, 0.05) is 24.2 Å². The first-order valence-electron chi connectivity index (χ1n) is 11.5. The van der Waals surface area contributed by atoms with Gasteiger partial charge in [0.15, 0.2) is 5.78 Å². The molecule has 0 atom stereocenters. The third kappa shape index (κ3) is 6.80. The zero-order chi connectivity index (χ0) is 23.6. The molecule has 0 fully saturated rings. The molecule has 0 amide bonds. The number of ether oxygens (including phenoxy) is 2. The van der Waals surface area contributed by atoms with Crippen LogP contribution in [0.15, 0.2) is 103 Å². The lowest BCUT2D eigenvalue weighted by atomic mass is 10.1. The number of ketones is 1. The molecular weight excluding hydrogens is 422 g/mol. The van der Waals surface area contributed by atoms with Crippen molar-refractivity contribution in [2.24, 2.45) is 0 Å². The maximum absolute atomic E-state index is 11.5. The van der Waals surface area contributed by atoms with E-state index in [1.54, 1.807) is 19.1 Å². The number of hydrogen-bond acceptors (Lipinski definition) is 4. The van der Waals surface area contributed by atoms with E-state index in [1.807, 2.05) is 54.6 Å². The van der Waals surface area contributed by atoms with E-state index >= 15 is 0 Å². The van der Waals surface area contributed by atoms with Crippen molar-refractivity contribution in [3.05, 3.63) is 125 Å². The average Bonchev–Trinajstić information content (AvgIpc) is 2.87. The van der Waals surface area contributed by atoms with Gasteiger partial charge >= 0.3 is 0 Å². The van der Waals surface area contributed by atoms with Crippen molar-refractivity contribution in [2.75, 3.05) is 13.2 Å². The van der Waals surface area contributed by atoms with Crippen molar-refractivity contribution in [1.82, 2.24) is 5.32 Å². The summed E-state index contributed by atoms with van der Waals surface area (Å²) < 4.78 is 11.9. The molecule has 172 valence electrons. The molecule has 0 unspecified atom stereocenters. The molecule has 4 rings (SSSR count). The Bertz CT molecular complexity index is 1190. The predicted octanol–water partition coefficient (Wildman–Crippen LogP) is 6.44. The van der Waals surface area contributed by atoms with Gasteiger partial charge in [-0.3, -0.25) is 4.79 Å². The summed E-state index contributed by atoms with van der Waals surface area (Å²) >= 11 is 0. The lowest BCUT2D eigenvalue weighted by molar-refractivity contribution is 0.101. The van der Waals surface area contributed by atoms with Gasteiger partial charge in [0.05, 0.1) is 0 Å². The van der Waals surface area contributed by atoms with Crippen LogP contribution in [-0.2, 0) is 13.0 Å². The summed E-state index contributed by atoms with van der Waals surface area (Å²) in [6.45, 7) is 3.52. The van der Waals surface area contributed by atoms with E-state index in [1.165, 1.54) is 11.1 Å². The van der Waals surface area contributed by atoms with Crippen LogP contribution in [0, 0.1) is 0 Å². The monoisotopic (exact) mass is 451 g/mol. The number of rotatable bonds is 11. The topological polar surface area (TPSA) is 47.6 Å². The van der Waals surface area contributed by atoms with Gasteiger partial charge in [0.25, 0.3) is 0 Å². The quantitative estimate of drug-likeness (QED) is 0.211. The standard InChI is InChI=1S/C30H29NO3/c1-23(32)26-13-17-29(18-14-26)34-30-10-6-5-9-27(30)22-31-19-20-33-28-15-11-25(12-16-28)21-24-7-3-2-4-8-24/h2-18,31H,19-22H2,1H3. The first-order chi connectivity index (χ1) is 16.7. The van der Waals surface area contributed by atoms with Gasteiger partial charge in [-0.2, -0.15) is 0 Å². The predicted molar refractivity (Wildman–Crippen MR) is 136 cm³/mol. The molecule has 0 saturated carbocycles. The first kappa shape index (κ1) is 23.3. The second-order valence-corrected chi connectivity index (χ2v) is 8.12. The zero-order valence-corrected chi connectivity index (χ0v) is 19.4. The summed E-state index contributed by atoms with van der Waals surface area (Å²) in [4.78, 5) is 11.5. The fraction of sp³-hybridized carbons (Fsp3) is 0.167. The molecule has 1 N–H and O–H groups in total. The van der Waals surface area contributed by atoms with Crippen molar-refractivity contribution in [1.29, 1.82) is 0 Å². The number of nitrogens with one attached hydrogen (secondary N) is 1. The Morgan fingerprint density at radius 3 is 2.12 bits per heavy atom. The van der Waals surface area contributed by atoms with Crippen LogP contribution < -0.4 is 14.8 Å². The van der Waals surface area contributed by atoms with E-state index in [0.717, 1.165) is 23.5 Å². The molecule has 0 bridgehead atoms. The molecule has 4 heteroatoms. The molecule has 0 aliphatic heterocycles. The molecule has 0 saturated heterocycles. The van der Waals surface area contributed by atoms with Crippen LogP contribution in [0.1, 0.15) is 34.0 Å². The summed E-state index contributed by atoms with van der Waals surface area (Å²) in [5, 5.41) is 3.42. The first-order valence-corrected chi connectivity index (χ1v) is 11.5. The zero-order valence-electron chi connectivity index (χ0n) is 19.4. The normalized spacial score (nSPS) is 10.6. The van der Waals surface area contributed by atoms with Crippen LogP contribution >= 0.6 is 0 Å². The van der Waals surface area contributed by atoms with E-state index in [9.17, 15) is 4.79 Å². The molecule has 0 aliphatic rings. The number of para-hydroxylation sites is 1. The van der Waals surface area contributed by atoms with Gasteiger partial charge in [-0.05, 0) is 66.9 Å². The summed E-state index contributed by atoms with van der Waals surface area (Å²) in [7, 11) is 0. The van der Waals surface area contributed by atoms with Gasteiger partial charge in [-0.15, -0.1) is 0 Å². The Morgan fingerprint density at radius 2 is 1.38 bits per heavy atom. The highest BCUT2D eigenvalue weighted by atomic mass is 16.5. The van der Waals surface area contributed by atoms with Crippen molar-refractivity contribution >= 4 is 5.78 Å². The maximum Gasteiger partial charge on any atom is 0.159 e. The lowest BCUT2D eigenvalue weighted by Crippen LogP contribution is -2.20. The van der Waals surface area contributed by atoms with Crippen LogP contribution in [-0.4, -0.2) is 18.9 Å². The molecule has 0 heterocycles. The highest BCUT2D eigenvalue weighted by molar-refractivity contribution is 5.94. The molecule has 0 aliphatic carbocycles.